The van der Waals surface area contributed by atoms with E-state index in [9.17, 15) is 9.59 Å². The SMILES string of the molecule is CN(CCCC(=O)O)C(=O)c1cnn(C(C)(C)C)c1. The molecule has 0 saturated carbocycles. The largest absolute Gasteiger partial charge is 0.481 e. The van der Waals surface area contributed by atoms with Gasteiger partial charge in [0.25, 0.3) is 5.91 Å². The highest BCUT2D eigenvalue weighted by Gasteiger charge is 2.18. The van der Waals surface area contributed by atoms with Crippen LogP contribution in [-0.4, -0.2) is 45.3 Å². The summed E-state index contributed by atoms with van der Waals surface area (Å²) in [6, 6.07) is 0. The molecule has 6 heteroatoms. The number of rotatable bonds is 5. The number of hydrogen-bond acceptors (Lipinski definition) is 3. The summed E-state index contributed by atoms with van der Waals surface area (Å²) in [4.78, 5) is 24.0. The van der Waals surface area contributed by atoms with Crippen LogP contribution < -0.4 is 0 Å². The van der Waals surface area contributed by atoms with E-state index in [0.29, 0.717) is 18.5 Å². The molecule has 1 heterocycles. The van der Waals surface area contributed by atoms with E-state index in [4.69, 9.17) is 5.11 Å². The van der Waals surface area contributed by atoms with Gasteiger partial charge in [0.15, 0.2) is 0 Å². The summed E-state index contributed by atoms with van der Waals surface area (Å²) >= 11 is 0. The van der Waals surface area contributed by atoms with Crippen molar-refractivity contribution in [1.82, 2.24) is 14.7 Å². The van der Waals surface area contributed by atoms with Crippen LogP contribution in [0.1, 0.15) is 44.0 Å². The third-order valence-electron chi connectivity index (χ3n) is 2.75. The first-order valence-electron chi connectivity index (χ1n) is 6.24. The van der Waals surface area contributed by atoms with Gasteiger partial charge >= 0.3 is 5.97 Å². The fourth-order valence-electron chi connectivity index (χ4n) is 1.59. The Morgan fingerprint density at radius 2 is 2.05 bits per heavy atom. The standard InChI is InChI=1S/C13H21N3O3/c1-13(2,3)16-9-10(8-14-16)12(19)15(4)7-5-6-11(17)18/h8-9H,5-7H2,1-4H3,(H,17,18). The van der Waals surface area contributed by atoms with Crippen molar-refractivity contribution in [1.29, 1.82) is 0 Å². The van der Waals surface area contributed by atoms with E-state index in [0.717, 1.165) is 0 Å². The molecular formula is C13H21N3O3. The number of carboxylic acid groups (broad SMARTS) is 1. The normalized spacial score (nSPS) is 11.4. The second kappa shape index (κ2) is 5.86. The van der Waals surface area contributed by atoms with Gasteiger partial charge in [0.2, 0.25) is 0 Å². The highest BCUT2D eigenvalue weighted by Crippen LogP contribution is 2.14. The number of carbonyl (C=O) groups is 2. The summed E-state index contributed by atoms with van der Waals surface area (Å²) in [5.74, 6) is -0.984. The highest BCUT2D eigenvalue weighted by molar-refractivity contribution is 5.93. The van der Waals surface area contributed by atoms with Gasteiger partial charge in [0.1, 0.15) is 0 Å². The molecule has 0 atom stereocenters. The van der Waals surface area contributed by atoms with Crippen molar-refractivity contribution >= 4 is 11.9 Å². The Kier molecular flexibility index (Phi) is 4.69. The number of carboxylic acids is 1. The summed E-state index contributed by atoms with van der Waals surface area (Å²) in [7, 11) is 1.67. The third-order valence-corrected chi connectivity index (χ3v) is 2.75. The van der Waals surface area contributed by atoms with Crippen LogP contribution in [0.2, 0.25) is 0 Å². The first kappa shape index (κ1) is 15.2. The molecule has 0 aliphatic rings. The Morgan fingerprint density at radius 1 is 1.42 bits per heavy atom. The second-order valence-electron chi connectivity index (χ2n) is 5.57. The summed E-state index contributed by atoms with van der Waals surface area (Å²) < 4.78 is 1.74. The van der Waals surface area contributed by atoms with Gasteiger partial charge in [-0.25, -0.2) is 0 Å². The van der Waals surface area contributed by atoms with Crippen molar-refractivity contribution in [2.24, 2.45) is 0 Å². The molecule has 6 nitrogen and oxygen atoms in total. The monoisotopic (exact) mass is 267 g/mol. The molecule has 0 aromatic carbocycles. The molecule has 1 aromatic heterocycles. The Morgan fingerprint density at radius 3 is 2.53 bits per heavy atom. The zero-order chi connectivity index (χ0) is 14.6. The van der Waals surface area contributed by atoms with Crippen LogP contribution in [0.4, 0.5) is 0 Å². The van der Waals surface area contributed by atoms with Crippen LogP contribution in [0.3, 0.4) is 0 Å². The van der Waals surface area contributed by atoms with E-state index in [1.54, 1.807) is 24.1 Å². The summed E-state index contributed by atoms with van der Waals surface area (Å²) in [6.07, 6.45) is 3.78. The first-order chi connectivity index (χ1) is 8.71. The molecule has 0 spiro atoms. The average Bonchev–Trinajstić information content (AvgIpc) is 2.76. The van der Waals surface area contributed by atoms with Crippen LogP contribution in [0.5, 0.6) is 0 Å². The molecule has 0 saturated heterocycles. The van der Waals surface area contributed by atoms with Crippen molar-refractivity contribution in [3.05, 3.63) is 18.0 Å². The smallest absolute Gasteiger partial charge is 0.303 e. The van der Waals surface area contributed by atoms with Crippen molar-refractivity contribution in [2.45, 2.75) is 39.2 Å². The molecule has 0 fully saturated rings. The van der Waals surface area contributed by atoms with E-state index < -0.39 is 5.97 Å². The lowest BCUT2D eigenvalue weighted by Crippen LogP contribution is -2.28. The van der Waals surface area contributed by atoms with Crippen molar-refractivity contribution in [3.63, 3.8) is 0 Å². The number of aliphatic carboxylic acids is 1. The van der Waals surface area contributed by atoms with E-state index >= 15 is 0 Å². The summed E-state index contributed by atoms with van der Waals surface area (Å²) in [5, 5.41) is 12.7. The maximum absolute atomic E-state index is 12.1. The van der Waals surface area contributed by atoms with Gasteiger partial charge in [-0.1, -0.05) is 0 Å². The molecule has 0 radical (unpaired) electrons. The van der Waals surface area contributed by atoms with Gasteiger partial charge in [-0.2, -0.15) is 5.10 Å². The number of hydrogen-bond donors (Lipinski definition) is 1. The van der Waals surface area contributed by atoms with Gasteiger partial charge in [-0.15, -0.1) is 0 Å². The molecule has 19 heavy (non-hydrogen) atoms. The predicted molar refractivity (Wildman–Crippen MR) is 71.1 cm³/mol. The molecule has 1 N–H and O–H groups in total. The van der Waals surface area contributed by atoms with Crippen molar-refractivity contribution in [3.8, 4) is 0 Å². The minimum Gasteiger partial charge on any atom is -0.481 e. The van der Waals surface area contributed by atoms with Gasteiger partial charge in [-0.3, -0.25) is 14.3 Å². The number of nitrogens with zero attached hydrogens (tertiary/aromatic N) is 3. The summed E-state index contributed by atoms with van der Waals surface area (Å²) in [5.41, 5.74) is 0.355. The van der Waals surface area contributed by atoms with E-state index in [1.165, 1.54) is 4.90 Å². The fraction of sp³-hybridized carbons (Fsp3) is 0.615. The van der Waals surface area contributed by atoms with E-state index in [2.05, 4.69) is 5.10 Å². The van der Waals surface area contributed by atoms with Crippen molar-refractivity contribution < 1.29 is 14.7 Å². The van der Waals surface area contributed by atoms with Crippen LogP contribution >= 0.6 is 0 Å². The van der Waals surface area contributed by atoms with Gasteiger partial charge in [0, 0.05) is 26.2 Å². The molecule has 106 valence electrons. The zero-order valence-corrected chi connectivity index (χ0v) is 11.9. The Bertz CT molecular complexity index is 460. The van der Waals surface area contributed by atoms with Crippen LogP contribution in [0.15, 0.2) is 12.4 Å². The lowest BCUT2D eigenvalue weighted by atomic mass is 10.1. The lowest BCUT2D eigenvalue weighted by Gasteiger charge is -2.19. The second-order valence-corrected chi connectivity index (χ2v) is 5.57. The Labute approximate surface area is 113 Å². The zero-order valence-electron chi connectivity index (χ0n) is 11.9. The topological polar surface area (TPSA) is 75.4 Å². The summed E-state index contributed by atoms with van der Waals surface area (Å²) in [6.45, 7) is 6.44. The van der Waals surface area contributed by atoms with Crippen LogP contribution in [-0.2, 0) is 10.3 Å². The molecule has 0 aliphatic carbocycles. The fourth-order valence-corrected chi connectivity index (χ4v) is 1.59. The average molecular weight is 267 g/mol. The van der Waals surface area contributed by atoms with Gasteiger partial charge in [-0.05, 0) is 27.2 Å². The molecule has 1 amide bonds. The molecule has 1 rings (SSSR count). The number of aromatic nitrogens is 2. The quantitative estimate of drug-likeness (QED) is 0.878. The third kappa shape index (κ3) is 4.39. The minimum atomic E-state index is -0.846. The van der Waals surface area contributed by atoms with Gasteiger partial charge < -0.3 is 10.0 Å². The van der Waals surface area contributed by atoms with Crippen LogP contribution in [0.25, 0.3) is 0 Å². The lowest BCUT2D eigenvalue weighted by molar-refractivity contribution is -0.137. The predicted octanol–water partition coefficient (Wildman–Crippen LogP) is 1.57. The Hall–Kier alpha value is -1.85. The minimum absolute atomic E-state index is 0.0683. The molecule has 0 unspecified atom stereocenters. The Balaban J connectivity index is 2.62. The van der Waals surface area contributed by atoms with Crippen LogP contribution in [0, 0.1) is 0 Å². The van der Waals surface area contributed by atoms with Crippen molar-refractivity contribution in [2.75, 3.05) is 13.6 Å². The maximum Gasteiger partial charge on any atom is 0.303 e. The highest BCUT2D eigenvalue weighted by atomic mass is 16.4. The molecule has 1 aromatic rings. The number of amides is 1. The van der Waals surface area contributed by atoms with E-state index in [-0.39, 0.29) is 17.9 Å². The molecule has 0 aliphatic heterocycles. The van der Waals surface area contributed by atoms with E-state index in [1.807, 2.05) is 20.8 Å². The molecule has 0 bridgehead atoms. The molecular weight excluding hydrogens is 246 g/mol. The number of carbonyl (C=O) groups excluding carboxylic acids is 1. The van der Waals surface area contributed by atoms with Gasteiger partial charge in [0.05, 0.1) is 17.3 Å². The first-order valence-corrected chi connectivity index (χ1v) is 6.24. The maximum atomic E-state index is 12.1.